The van der Waals surface area contributed by atoms with E-state index in [0.29, 0.717) is 13.1 Å². The van der Waals surface area contributed by atoms with Crippen LogP contribution in [0.15, 0.2) is 47.4 Å². The smallest absolute Gasteiger partial charge is 0.338 e. The van der Waals surface area contributed by atoms with Crippen LogP contribution in [0.1, 0.15) is 49.0 Å². The second-order valence-corrected chi connectivity index (χ2v) is 10.6. The molecular formula is C25H30N2O6S. The number of carbonyl (C=O) groups excluding carboxylic acids is 2. The molecule has 4 rings (SSSR count). The summed E-state index contributed by atoms with van der Waals surface area (Å²) in [5.41, 5.74) is 1.95. The average Bonchev–Trinajstić information content (AvgIpc) is 3.27. The molecule has 0 N–H and O–H groups in total. The minimum absolute atomic E-state index is 0.0468. The van der Waals surface area contributed by atoms with Crippen molar-refractivity contribution in [2.45, 2.75) is 56.6 Å². The number of carbonyl (C=O) groups is 2. The van der Waals surface area contributed by atoms with Crippen LogP contribution in [-0.4, -0.2) is 56.9 Å². The zero-order chi connectivity index (χ0) is 24.5. The third-order valence-electron chi connectivity index (χ3n) is 6.51. The summed E-state index contributed by atoms with van der Waals surface area (Å²) in [6.45, 7) is 4.35. The van der Waals surface area contributed by atoms with Gasteiger partial charge in [0.1, 0.15) is 10.6 Å². The molecule has 2 aromatic rings. The molecule has 8 nitrogen and oxygen atoms in total. The van der Waals surface area contributed by atoms with Crippen molar-refractivity contribution in [3.05, 3.63) is 53.6 Å². The van der Waals surface area contributed by atoms with Gasteiger partial charge in [-0.1, -0.05) is 24.6 Å². The number of amides is 1. The van der Waals surface area contributed by atoms with Gasteiger partial charge in [0.05, 0.1) is 12.7 Å². The van der Waals surface area contributed by atoms with E-state index in [-0.39, 0.29) is 28.2 Å². The molecule has 2 aliphatic heterocycles. The first-order chi connectivity index (χ1) is 16.2. The van der Waals surface area contributed by atoms with Crippen molar-refractivity contribution in [1.82, 2.24) is 4.31 Å². The molecule has 2 heterocycles. The average molecular weight is 487 g/mol. The molecule has 34 heavy (non-hydrogen) atoms. The second-order valence-electron chi connectivity index (χ2n) is 8.74. The number of anilines is 1. The lowest BCUT2D eigenvalue weighted by Gasteiger charge is -2.32. The zero-order valence-corrected chi connectivity index (χ0v) is 20.5. The summed E-state index contributed by atoms with van der Waals surface area (Å²) >= 11 is 0. The molecule has 0 aromatic heterocycles. The summed E-state index contributed by atoms with van der Waals surface area (Å²) in [4.78, 5) is 27.4. The number of ether oxygens (including phenoxy) is 2. The van der Waals surface area contributed by atoms with E-state index < -0.39 is 22.1 Å². The molecule has 182 valence electrons. The third kappa shape index (κ3) is 4.54. The number of benzene rings is 2. The number of hydrogen-bond acceptors (Lipinski definition) is 6. The highest BCUT2D eigenvalue weighted by Gasteiger charge is 2.34. The van der Waals surface area contributed by atoms with Crippen LogP contribution in [0.5, 0.6) is 5.75 Å². The molecule has 2 aliphatic rings. The van der Waals surface area contributed by atoms with E-state index in [2.05, 4.69) is 0 Å². The van der Waals surface area contributed by atoms with Crippen LogP contribution in [0.3, 0.4) is 0 Å². The maximum absolute atomic E-state index is 13.4. The predicted octanol–water partition coefficient (Wildman–Crippen LogP) is 3.39. The van der Waals surface area contributed by atoms with E-state index in [1.54, 1.807) is 4.90 Å². The topological polar surface area (TPSA) is 93.2 Å². The maximum Gasteiger partial charge on any atom is 0.338 e. The van der Waals surface area contributed by atoms with Gasteiger partial charge in [0.15, 0.2) is 6.10 Å². The monoisotopic (exact) mass is 486 g/mol. The number of piperidine rings is 1. The standard InChI is InChI=1S/C25H30N2O6S/c1-17-8-6-7-14-27(17)34(30,31)23-16-20(11-12-22(23)32-3)25(29)33-18(2)24(28)26-15-13-19-9-4-5-10-21(19)26/h4-5,9-12,16-18H,6-8,13-15H2,1-3H3. The first kappa shape index (κ1) is 24.2. The van der Waals surface area contributed by atoms with E-state index in [9.17, 15) is 18.0 Å². The number of para-hydroxylation sites is 1. The number of fused-ring (bicyclic) bond motifs is 1. The lowest BCUT2D eigenvalue weighted by molar-refractivity contribution is -0.126. The molecule has 0 aliphatic carbocycles. The summed E-state index contributed by atoms with van der Waals surface area (Å²) in [6, 6.07) is 11.7. The molecule has 2 aromatic carbocycles. The molecule has 0 bridgehead atoms. The Balaban J connectivity index is 1.54. The molecule has 1 amide bonds. The number of rotatable bonds is 6. The Morgan fingerprint density at radius 3 is 2.59 bits per heavy atom. The number of methoxy groups -OCH3 is 1. The quantitative estimate of drug-likeness (QED) is 0.581. The Kier molecular flexibility index (Phi) is 6.95. The van der Waals surface area contributed by atoms with Crippen molar-refractivity contribution >= 4 is 27.6 Å². The van der Waals surface area contributed by atoms with Crippen LogP contribution in [0, 0.1) is 0 Å². The van der Waals surface area contributed by atoms with Gasteiger partial charge < -0.3 is 14.4 Å². The first-order valence-electron chi connectivity index (χ1n) is 11.5. The summed E-state index contributed by atoms with van der Waals surface area (Å²) < 4.78 is 39.0. The molecule has 1 fully saturated rings. The summed E-state index contributed by atoms with van der Waals surface area (Å²) in [6.07, 6.45) is 2.26. The predicted molar refractivity (Wildman–Crippen MR) is 128 cm³/mol. The normalized spacial score (nSPS) is 19.4. The first-order valence-corrected chi connectivity index (χ1v) is 13.0. The zero-order valence-electron chi connectivity index (χ0n) is 19.7. The van der Waals surface area contributed by atoms with Gasteiger partial charge in [0, 0.05) is 24.8 Å². The minimum Gasteiger partial charge on any atom is -0.495 e. The number of hydrogen-bond donors (Lipinski definition) is 0. The molecule has 1 saturated heterocycles. The van der Waals surface area contributed by atoms with Crippen molar-refractivity contribution in [2.24, 2.45) is 0 Å². The van der Waals surface area contributed by atoms with Gasteiger partial charge in [-0.3, -0.25) is 4.79 Å². The Bertz CT molecular complexity index is 1200. The van der Waals surface area contributed by atoms with Gasteiger partial charge in [-0.15, -0.1) is 0 Å². The Labute approximate surface area is 200 Å². The molecular weight excluding hydrogens is 456 g/mol. The van der Waals surface area contributed by atoms with Crippen LogP contribution in [0.4, 0.5) is 5.69 Å². The fourth-order valence-corrected chi connectivity index (χ4v) is 6.51. The maximum atomic E-state index is 13.4. The second kappa shape index (κ2) is 9.76. The molecule has 0 saturated carbocycles. The van der Waals surface area contributed by atoms with E-state index in [0.717, 1.165) is 36.9 Å². The van der Waals surface area contributed by atoms with E-state index in [1.165, 1.54) is 36.5 Å². The van der Waals surface area contributed by atoms with Gasteiger partial charge in [0.2, 0.25) is 10.0 Å². The van der Waals surface area contributed by atoms with Gasteiger partial charge in [0.25, 0.3) is 5.91 Å². The number of nitrogens with zero attached hydrogens (tertiary/aromatic N) is 2. The van der Waals surface area contributed by atoms with Crippen LogP contribution in [0.25, 0.3) is 0 Å². The minimum atomic E-state index is -3.88. The summed E-state index contributed by atoms with van der Waals surface area (Å²) in [7, 11) is -2.49. The van der Waals surface area contributed by atoms with Crippen molar-refractivity contribution in [1.29, 1.82) is 0 Å². The van der Waals surface area contributed by atoms with E-state index in [4.69, 9.17) is 9.47 Å². The van der Waals surface area contributed by atoms with Crippen molar-refractivity contribution in [3.63, 3.8) is 0 Å². The highest BCUT2D eigenvalue weighted by molar-refractivity contribution is 7.89. The summed E-state index contributed by atoms with van der Waals surface area (Å²) in [5.74, 6) is -0.923. The van der Waals surface area contributed by atoms with E-state index >= 15 is 0 Å². The summed E-state index contributed by atoms with van der Waals surface area (Å²) in [5, 5.41) is 0. The molecule has 2 atom stereocenters. The molecule has 0 spiro atoms. The Morgan fingerprint density at radius 1 is 1.09 bits per heavy atom. The highest BCUT2D eigenvalue weighted by atomic mass is 32.2. The van der Waals surface area contributed by atoms with Crippen LogP contribution in [0.2, 0.25) is 0 Å². The fraction of sp³-hybridized carbons (Fsp3) is 0.440. The van der Waals surface area contributed by atoms with Crippen molar-refractivity contribution < 1.29 is 27.5 Å². The lowest BCUT2D eigenvalue weighted by atomic mass is 10.1. The van der Waals surface area contributed by atoms with Crippen LogP contribution < -0.4 is 9.64 Å². The third-order valence-corrected chi connectivity index (χ3v) is 8.55. The van der Waals surface area contributed by atoms with Crippen LogP contribution in [-0.2, 0) is 26.0 Å². The van der Waals surface area contributed by atoms with Crippen molar-refractivity contribution in [2.75, 3.05) is 25.1 Å². The molecule has 0 radical (unpaired) electrons. The number of esters is 1. The molecule has 9 heteroatoms. The fourth-order valence-electron chi connectivity index (χ4n) is 4.63. The Hall–Kier alpha value is -2.91. The lowest BCUT2D eigenvalue weighted by Crippen LogP contribution is -2.42. The van der Waals surface area contributed by atoms with Crippen LogP contribution >= 0.6 is 0 Å². The molecule has 2 unspecified atom stereocenters. The highest BCUT2D eigenvalue weighted by Crippen LogP contribution is 2.32. The number of sulfonamides is 1. The van der Waals surface area contributed by atoms with E-state index in [1.807, 2.05) is 31.2 Å². The van der Waals surface area contributed by atoms with Gasteiger partial charge in [-0.25, -0.2) is 13.2 Å². The van der Waals surface area contributed by atoms with Gasteiger partial charge >= 0.3 is 5.97 Å². The SMILES string of the molecule is COc1ccc(C(=O)OC(C)C(=O)N2CCc3ccccc32)cc1S(=O)(=O)N1CCCCC1C. The largest absolute Gasteiger partial charge is 0.495 e. The van der Waals surface area contributed by atoms with Gasteiger partial charge in [-0.2, -0.15) is 4.31 Å². The van der Waals surface area contributed by atoms with Crippen molar-refractivity contribution in [3.8, 4) is 5.75 Å². The van der Waals surface area contributed by atoms with Gasteiger partial charge in [-0.05, 0) is 62.9 Å². The Morgan fingerprint density at radius 2 is 1.85 bits per heavy atom.